The number of hydrogen-bond acceptors (Lipinski definition) is 7. The van der Waals surface area contributed by atoms with Crippen LogP contribution in [0, 0.1) is 6.92 Å². The van der Waals surface area contributed by atoms with Crippen molar-refractivity contribution in [3.8, 4) is 21.9 Å². The van der Waals surface area contributed by atoms with Gasteiger partial charge >= 0.3 is 6.09 Å². The number of nitrogens with zero attached hydrogens (tertiary/aromatic N) is 2. The molecule has 0 N–H and O–H groups in total. The van der Waals surface area contributed by atoms with E-state index in [9.17, 15) is 4.79 Å². The van der Waals surface area contributed by atoms with E-state index in [1.165, 1.54) is 27.3 Å². The standard InChI is InChI=1S/C28H38N2O5S/c1-3-32-28(31)29-11-9-23(10-12-29)30-13-15-34-27-22(18-30)16-21(26-8-7-20(2)36-26)17-25(27)35-19-24-6-4-5-14-33-24/h7-8,16-17,23-24H,3-6,9-15,18-19H2,1-2H3. The van der Waals surface area contributed by atoms with Crippen molar-refractivity contribution in [2.45, 2.75) is 64.6 Å². The van der Waals surface area contributed by atoms with Gasteiger partial charge in [-0.2, -0.15) is 0 Å². The molecule has 3 aliphatic rings. The third-order valence-corrected chi connectivity index (χ3v) is 8.41. The summed E-state index contributed by atoms with van der Waals surface area (Å²) in [5, 5.41) is 0. The quantitative estimate of drug-likeness (QED) is 0.508. The lowest BCUT2D eigenvalue weighted by atomic mass is 10.0. The van der Waals surface area contributed by atoms with Crippen molar-refractivity contribution in [2.24, 2.45) is 0 Å². The molecule has 2 aromatic rings. The lowest BCUT2D eigenvalue weighted by Gasteiger charge is -2.37. The number of aryl methyl sites for hydroxylation is 1. The molecule has 7 nitrogen and oxygen atoms in total. The Labute approximate surface area is 218 Å². The number of rotatable bonds is 6. The van der Waals surface area contributed by atoms with Crippen molar-refractivity contribution >= 4 is 17.4 Å². The highest BCUT2D eigenvalue weighted by Gasteiger charge is 2.30. The maximum Gasteiger partial charge on any atom is 0.409 e. The van der Waals surface area contributed by atoms with Crippen molar-refractivity contribution in [3.05, 3.63) is 34.7 Å². The van der Waals surface area contributed by atoms with Crippen LogP contribution < -0.4 is 9.47 Å². The predicted molar refractivity (Wildman–Crippen MR) is 141 cm³/mol. The molecule has 4 heterocycles. The van der Waals surface area contributed by atoms with Crippen molar-refractivity contribution in [2.75, 3.05) is 46.1 Å². The molecule has 196 valence electrons. The molecule has 0 spiro atoms. The Bertz CT molecular complexity index is 1030. The van der Waals surface area contributed by atoms with Crippen LogP contribution >= 0.6 is 11.3 Å². The minimum atomic E-state index is -0.194. The molecule has 1 aromatic carbocycles. The van der Waals surface area contributed by atoms with Crippen LogP contribution in [-0.2, 0) is 16.0 Å². The second-order valence-corrected chi connectivity index (χ2v) is 11.2. The Morgan fingerprint density at radius 1 is 1.11 bits per heavy atom. The van der Waals surface area contributed by atoms with Crippen LogP contribution in [0.15, 0.2) is 24.3 Å². The summed E-state index contributed by atoms with van der Waals surface area (Å²) in [6.07, 6.45) is 5.22. The van der Waals surface area contributed by atoms with Crippen LogP contribution in [0.2, 0.25) is 0 Å². The van der Waals surface area contributed by atoms with Crippen molar-refractivity contribution < 1.29 is 23.7 Å². The van der Waals surface area contributed by atoms with Crippen LogP contribution in [0.3, 0.4) is 0 Å². The normalized spacial score (nSPS) is 21.4. The van der Waals surface area contributed by atoms with Gasteiger partial charge in [0, 0.05) is 54.1 Å². The van der Waals surface area contributed by atoms with Crippen LogP contribution in [0.1, 0.15) is 49.5 Å². The van der Waals surface area contributed by atoms with E-state index in [-0.39, 0.29) is 12.2 Å². The number of thiophene rings is 1. The molecular formula is C28H38N2O5S. The molecule has 1 atom stereocenters. The van der Waals surface area contributed by atoms with E-state index in [0.717, 1.165) is 70.0 Å². The van der Waals surface area contributed by atoms with Gasteiger partial charge in [0.2, 0.25) is 0 Å². The first-order valence-corrected chi connectivity index (χ1v) is 14.2. The summed E-state index contributed by atoms with van der Waals surface area (Å²) < 4.78 is 23.8. The smallest absolute Gasteiger partial charge is 0.409 e. The van der Waals surface area contributed by atoms with E-state index in [4.69, 9.17) is 18.9 Å². The van der Waals surface area contributed by atoms with Crippen LogP contribution in [-0.4, -0.2) is 74.1 Å². The number of carbonyl (C=O) groups is 1. The van der Waals surface area contributed by atoms with Gasteiger partial charge in [0.05, 0.1) is 12.7 Å². The summed E-state index contributed by atoms with van der Waals surface area (Å²) in [6.45, 7) is 9.55. The molecule has 0 saturated carbocycles. The first kappa shape index (κ1) is 25.4. The molecule has 1 amide bonds. The van der Waals surface area contributed by atoms with E-state index < -0.39 is 0 Å². The summed E-state index contributed by atoms with van der Waals surface area (Å²) in [5.41, 5.74) is 2.34. The van der Waals surface area contributed by atoms with Crippen LogP contribution in [0.25, 0.3) is 10.4 Å². The van der Waals surface area contributed by atoms with Gasteiger partial charge in [-0.05, 0) is 75.8 Å². The van der Waals surface area contributed by atoms with Gasteiger partial charge < -0.3 is 23.8 Å². The number of ether oxygens (including phenoxy) is 4. The maximum atomic E-state index is 12.1. The molecule has 0 bridgehead atoms. The van der Waals surface area contributed by atoms with E-state index in [0.29, 0.717) is 25.9 Å². The highest BCUT2D eigenvalue weighted by atomic mass is 32.1. The molecule has 5 rings (SSSR count). The lowest BCUT2D eigenvalue weighted by Crippen LogP contribution is -2.47. The number of benzene rings is 1. The van der Waals surface area contributed by atoms with Gasteiger partial charge in [-0.15, -0.1) is 11.3 Å². The largest absolute Gasteiger partial charge is 0.488 e. The summed E-state index contributed by atoms with van der Waals surface area (Å²) in [7, 11) is 0. The zero-order valence-corrected chi connectivity index (χ0v) is 22.3. The zero-order chi connectivity index (χ0) is 24.9. The van der Waals surface area contributed by atoms with E-state index >= 15 is 0 Å². The number of carbonyl (C=O) groups excluding carboxylic acids is 1. The molecular weight excluding hydrogens is 476 g/mol. The second-order valence-electron chi connectivity index (χ2n) is 9.91. The van der Waals surface area contributed by atoms with Crippen LogP contribution in [0.4, 0.5) is 4.79 Å². The van der Waals surface area contributed by atoms with Gasteiger partial charge in [-0.1, -0.05) is 0 Å². The predicted octanol–water partition coefficient (Wildman–Crippen LogP) is 5.49. The molecule has 0 radical (unpaired) electrons. The van der Waals surface area contributed by atoms with Gasteiger partial charge in [0.25, 0.3) is 0 Å². The molecule has 8 heteroatoms. The topological polar surface area (TPSA) is 60.5 Å². The summed E-state index contributed by atoms with van der Waals surface area (Å²) in [4.78, 5) is 19.0. The highest BCUT2D eigenvalue weighted by molar-refractivity contribution is 7.15. The Hall–Kier alpha value is -2.29. The molecule has 1 aromatic heterocycles. The third kappa shape index (κ3) is 5.98. The fraction of sp³-hybridized carbons (Fsp3) is 0.607. The molecule has 2 fully saturated rings. The number of fused-ring (bicyclic) bond motifs is 1. The highest BCUT2D eigenvalue weighted by Crippen LogP contribution is 2.41. The van der Waals surface area contributed by atoms with Gasteiger partial charge in [0.1, 0.15) is 13.2 Å². The number of piperidine rings is 1. The fourth-order valence-electron chi connectivity index (χ4n) is 5.40. The third-order valence-electron chi connectivity index (χ3n) is 7.36. The summed E-state index contributed by atoms with van der Waals surface area (Å²) >= 11 is 1.80. The molecule has 36 heavy (non-hydrogen) atoms. The van der Waals surface area contributed by atoms with Crippen molar-refractivity contribution in [1.29, 1.82) is 0 Å². The SMILES string of the molecule is CCOC(=O)N1CCC(N2CCOc3c(cc(-c4ccc(C)s4)cc3OCC3CCCCO3)C2)CC1. The average Bonchev–Trinajstić information content (AvgIpc) is 3.22. The first-order valence-electron chi connectivity index (χ1n) is 13.4. The van der Waals surface area contributed by atoms with Gasteiger partial charge in [0.15, 0.2) is 11.5 Å². The summed E-state index contributed by atoms with van der Waals surface area (Å²) in [5.74, 6) is 1.69. The minimum absolute atomic E-state index is 0.147. The minimum Gasteiger partial charge on any atom is -0.488 e. The fourth-order valence-corrected chi connectivity index (χ4v) is 6.26. The lowest BCUT2D eigenvalue weighted by molar-refractivity contribution is -0.0115. The van der Waals surface area contributed by atoms with Crippen molar-refractivity contribution in [1.82, 2.24) is 9.80 Å². The van der Waals surface area contributed by atoms with Crippen molar-refractivity contribution in [3.63, 3.8) is 0 Å². The van der Waals surface area contributed by atoms with E-state index in [2.05, 4.69) is 36.1 Å². The molecule has 1 unspecified atom stereocenters. The number of hydrogen-bond donors (Lipinski definition) is 0. The Balaban J connectivity index is 1.34. The Morgan fingerprint density at radius 3 is 2.69 bits per heavy atom. The number of amides is 1. The van der Waals surface area contributed by atoms with Gasteiger partial charge in [-0.3, -0.25) is 4.90 Å². The maximum absolute atomic E-state index is 12.1. The molecule has 3 aliphatic heterocycles. The second kappa shape index (κ2) is 11.8. The van der Waals surface area contributed by atoms with E-state index in [1.807, 2.05) is 11.8 Å². The first-order chi connectivity index (χ1) is 17.6. The Kier molecular flexibility index (Phi) is 8.34. The van der Waals surface area contributed by atoms with E-state index in [1.54, 1.807) is 11.3 Å². The number of likely N-dealkylation sites (tertiary alicyclic amines) is 1. The van der Waals surface area contributed by atoms with Gasteiger partial charge in [-0.25, -0.2) is 4.79 Å². The Morgan fingerprint density at radius 2 is 1.97 bits per heavy atom. The average molecular weight is 515 g/mol. The molecule has 0 aliphatic carbocycles. The summed E-state index contributed by atoms with van der Waals surface area (Å²) in [6, 6.07) is 9.19. The van der Waals surface area contributed by atoms with Crippen LogP contribution in [0.5, 0.6) is 11.5 Å². The zero-order valence-electron chi connectivity index (χ0n) is 21.5. The molecule has 2 saturated heterocycles. The monoisotopic (exact) mass is 514 g/mol.